The second-order valence-corrected chi connectivity index (χ2v) is 4.14. The van der Waals surface area contributed by atoms with Gasteiger partial charge >= 0.3 is 12.0 Å². The van der Waals surface area contributed by atoms with E-state index in [-0.39, 0.29) is 12.6 Å². The molecule has 5 nitrogen and oxygen atoms in total. The van der Waals surface area contributed by atoms with Gasteiger partial charge in [-0.3, -0.25) is 4.90 Å². The smallest absolute Gasteiger partial charge is 0.328 e. The van der Waals surface area contributed by atoms with Gasteiger partial charge in [-0.1, -0.05) is 18.2 Å². The van der Waals surface area contributed by atoms with Crippen molar-refractivity contribution >= 4 is 17.7 Å². The normalized spacial score (nSPS) is 19.9. The van der Waals surface area contributed by atoms with Crippen LogP contribution in [-0.4, -0.2) is 41.6 Å². The lowest BCUT2D eigenvalue weighted by molar-refractivity contribution is -0.140. The number of rotatable bonds is 2. The molecule has 17 heavy (non-hydrogen) atoms. The average Bonchev–Trinajstić information content (AvgIpc) is 2.57. The van der Waals surface area contributed by atoms with Crippen LogP contribution in [0.2, 0.25) is 0 Å². The number of likely N-dealkylation sites (N-methyl/N-ethyl adjacent to an activating group) is 1. The number of anilines is 1. The van der Waals surface area contributed by atoms with Crippen molar-refractivity contribution in [1.29, 1.82) is 0 Å². The van der Waals surface area contributed by atoms with Crippen LogP contribution in [0.15, 0.2) is 24.3 Å². The van der Waals surface area contributed by atoms with E-state index in [1.54, 1.807) is 0 Å². The van der Waals surface area contributed by atoms with Crippen LogP contribution in [0.4, 0.5) is 10.5 Å². The number of hydrogen-bond donors (Lipinski definition) is 1. The van der Waals surface area contributed by atoms with Crippen LogP contribution in [0.1, 0.15) is 5.56 Å². The molecular weight excluding hydrogens is 220 g/mol. The van der Waals surface area contributed by atoms with Crippen LogP contribution in [0.25, 0.3) is 0 Å². The van der Waals surface area contributed by atoms with E-state index in [0.29, 0.717) is 0 Å². The summed E-state index contributed by atoms with van der Waals surface area (Å²) in [6.07, 6.45) is 0. The molecule has 0 aromatic heterocycles. The summed E-state index contributed by atoms with van der Waals surface area (Å²) in [5.74, 6) is -0.975. The van der Waals surface area contributed by atoms with E-state index < -0.39 is 12.0 Å². The molecule has 1 N–H and O–H groups in total. The van der Waals surface area contributed by atoms with Crippen LogP contribution in [0.3, 0.4) is 0 Å². The number of carboxylic acids is 1. The summed E-state index contributed by atoms with van der Waals surface area (Å²) in [4.78, 5) is 25.7. The standard InChI is InChI=1S/C12H14N2O3/c1-8-5-3-4-6-9(8)14-7-10(11(15)16)13(2)12(14)17/h3-6,10H,7H2,1-2H3,(H,15,16). The number of nitrogens with zero attached hydrogens (tertiary/aromatic N) is 2. The van der Waals surface area contributed by atoms with E-state index in [0.717, 1.165) is 11.3 Å². The van der Waals surface area contributed by atoms with Crippen molar-refractivity contribution in [2.24, 2.45) is 0 Å². The van der Waals surface area contributed by atoms with Gasteiger partial charge in [-0.05, 0) is 18.6 Å². The van der Waals surface area contributed by atoms with E-state index in [4.69, 9.17) is 5.11 Å². The molecule has 0 spiro atoms. The summed E-state index contributed by atoms with van der Waals surface area (Å²) in [5, 5.41) is 9.01. The van der Waals surface area contributed by atoms with Crippen molar-refractivity contribution in [1.82, 2.24) is 4.90 Å². The van der Waals surface area contributed by atoms with Crippen molar-refractivity contribution in [2.45, 2.75) is 13.0 Å². The molecule has 1 saturated heterocycles. The molecule has 1 aromatic carbocycles. The van der Waals surface area contributed by atoms with Crippen molar-refractivity contribution in [3.05, 3.63) is 29.8 Å². The fraction of sp³-hybridized carbons (Fsp3) is 0.333. The van der Waals surface area contributed by atoms with Crippen LogP contribution in [0.5, 0.6) is 0 Å². The number of benzene rings is 1. The minimum Gasteiger partial charge on any atom is -0.480 e. The molecule has 1 fully saturated rings. The third-order valence-electron chi connectivity index (χ3n) is 3.05. The predicted octanol–water partition coefficient (Wildman–Crippen LogP) is 1.32. The molecule has 1 aliphatic rings. The van der Waals surface area contributed by atoms with Gasteiger partial charge in [0.25, 0.3) is 0 Å². The number of aryl methyl sites for hydroxylation is 1. The number of amides is 2. The van der Waals surface area contributed by atoms with Gasteiger partial charge in [0, 0.05) is 12.7 Å². The van der Waals surface area contributed by atoms with Gasteiger partial charge in [0.15, 0.2) is 0 Å². The molecule has 0 aliphatic carbocycles. The quantitative estimate of drug-likeness (QED) is 0.839. The Morgan fingerprint density at radius 3 is 2.59 bits per heavy atom. The van der Waals surface area contributed by atoms with Crippen molar-refractivity contribution in [2.75, 3.05) is 18.5 Å². The predicted molar refractivity (Wildman–Crippen MR) is 63.1 cm³/mol. The van der Waals surface area contributed by atoms with E-state index in [1.807, 2.05) is 31.2 Å². The molecule has 2 amide bonds. The largest absolute Gasteiger partial charge is 0.480 e. The molecule has 5 heteroatoms. The zero-order valence-corrected chi connectivity index (χ0v) is 9.75. The van der Waals surface area contributed by atoms with Gasteiger partial charge in [0.1, 0.15) is 6.04 Å². The summed E-state index contributed by atoms with van der Waals surface area (Å²) >= 11 is 0. The number of hydrogen-bond acceptors (Lipinski definition) is 2. The second kappa shape index (κ2) is 4.08. The summed E-state index contributed by atoms with van der Waals surface area (Å²) in [7, 11) is 1.51. The van der Waals surface area contributed by atoms with Gasteiger partial charge in [0.05, 0.1) is 6.54 Å². The molecule has 2 rings (SSSR count). The number of carboxylic acid groups (broad SMARTS) is 1. The van der Waals surface area contributed by atoms with Gasteiger partial charge in [-0.25, -0.2) is 9.59 Å². The Bertz CT molecular complexity index is 473. The summed E-state index contributed by atoms with van der Waals surface area (Å²) < 4.78 is 0. The molecule has 0 bridgehead atoms. The zero-order valence-electron chi connectivity index (χ0n) is 9.75. The Balaban J connectivity index is 2.33. The Labute approximate surface area is 99.3 Å². The number of aliphatic carboxylic acids is 1. The van der Waals surface area contributed by atoms with Crippen molar-refractivity contribution in [3.63, 3.8) is 0 Å². The minimum absolute atomic E-state index is 0.190. The summed E-state index contributed by atoms with van der Waals surface area (Å²) in [6, 6.07) is 6.40. The van der Waals surface area contributed by atoms with E-state index in [1.165, 1.54) is 16.8 Å². The molecular formula is C12H14N2O3. The first-order valence-electron chi connectivity index (χ1n) is 5.35. The first kappa shape index (κ1) is 11.4. The molecule has 0 radical (unpaired) electrons. The highest BCUT2D eigenvalue weighted by atomic mass is 16.4. The lowest BCUT2D eigenvalue weighted by Crippen LogP contribution is -2.36. The first-order valence-corrected chi connectivity index (χ1v) is 5.35. The van der Waals surface area contributed by atoms with Gasteiger partial charge in [-0.2, -0.15) is 0 Å². The average molecular weight is 234 g/mol. The summed E-state index contributed by atoms with van der Waals surface area (Å²) in [6.45, 7) is 2.09. The fourth-order valence-corrected chi connectivity index (χ4v) is 2.01. The monoisotopic (exact) mass is 234 g/mol. The molecule has 1 heterocycles. The second-order valence-electron chi connectivity index (χ2n) is 4.14. The van der Waals surface area contributed by atoms with Crippen molar-refractivity contribution in [3.8, 4) is 0 Å². The Morgan fingerprint density at radius 2 is 2.06 bits per heavy atom. The number of urea groups is 1. The van der Waals surface area contributed by atoms with Gasteiger partial charge in [0.2, 0.25) is 0 Å². The highest BCUT2D eigenvalue weighted by molar-refractivity contribution is 5.99. The lowest BCUT2D eigenvalue weighted by atomic mass is 10.2. The molecule has 1 aliphatic heterocycles. The van der Waals surface area contributed by atoms with Crippen LogP contribution >= 0.6 is 0 Å². The van der Waals surface area contributed by atoms with Gasteiger partial charge < -0.3 is 10.0 Å². The highest BCUT2D eigenvalue weighted by Gasteiger charge is 2.40. The molecule has 1 atom stereocenters. The van der Waals surface area contributed by atoms with E-state index in [2.05, 4.69) is 0 Å². The van der Waals surface area contributed by atoms with Crippen LogP contribution < -0.4 is 4.90 Å². The third kappa shape index (κ3) is 1.84. The number of carbonyl (C=O) groups is 2. The minimum atomic E-state index is -0.975. The molecule has 1 aromatic rings. The van der Waals surface area contributed by atoms with Crippen LogP contribution in [0, 0.1) is 6.92 Å². The van der Waals surface area contributed by atoms with Crippen molar-refractivity contribution < 1.29 is 14.7 Å². The topological polar surface area (TPSA) is 60.9 Å². The number of para-hydroxylation sites is 1. The molecule has 1 unspecified atom stereocenters. The number of carbonyl (C=O) groups excluding carboxylic acids is 1. The van der Waals surface area contributed by atoms with Gasteiger partial charge in [-0.15, -0.1) is 0 Å². The Morgan fingerprint density at radius 1 is 1.41 bits per heavy atom. The highest BCUT2D eigenvalue weighted by Crippen LogP contribution is 2.25. The maximum atomic E-state index is 12.0. The zero-order chi connectivity index (χ0) is 12.6. The maximum absolute atomic E-state index is 12.0. The van der Waals surface area contributed by atoms with E-state index >= 15 is 0 Å². The first-order chi connectivity index (χ1) is 8.02. The summed E-state index contributed by atoms with van der Waals surface area (Å²) in [5.41, 5.74) is 1.73. The molecule has 0 saturated carbocycles. The Kier molecular flexibility index (Phi) is 2.75. The molecule has 90 valence electrons. The van der Waals surface area contributed by atoms with E-state index in [9.17, 15) is 9.59 Å². The lowest BCUT2D eigenvalue weighted by Gasteiger charge is -2.17. The Hall–Kier alpha value is -2.04. The van der Waals surface area contributed by atoms with Crippen LogP contribution in [-0.2, 0) is 4.79 Å². The maximum Gasteiger partial charge on any atom is 0.328 e. The third-order valence-corrected chi connectivity index (χ3v) is 3.05. The SMILES string of the molecule is Cc1ccccc1N1CC(C(=O)O)N(C)C1=O. The fourth-order valence-electron chi connectivity index (χ4n) is 2.01.